The summed E-state index contributed by atoms with van der Waals surface area (Å²) in [6.07, 6.45) is 2.67. The van der Waals surface area contributed by atoms with Crippen molar-refractivity contribution in [2.75, 3.05) is 0 Å². The van der Waals surface area contributed by atoms with E-state index in [9.17, 15) is 4.79 Å². The average molecular weight is 249 g/mol. The summed E-state index contributed by atoms with van der Waals surface area (Å²) >= 11 is 0. The van der Waals surface area contributed by atoms with Gasteiger partial charge in [0.1, 0.15) is 0 Å². The van der Waals surface area contributed by atoms with E-state index in [1.54, 1.807) is 0 Å². The number of rotatable bonds is 5. The molecule has 4 heteroatoms. The Kier molecular flexibility index (Phi) is 3.84. The van der Waals surface area contributed by atoms with Gasteiger partial charge in [0, 0.05) is 5.69 Å². The molecule has 0 bridgehead atoms. The molecule has 0 atom stereocenters. The molecule has 0 amide bonds. The average Bonchev–Trinajstić information content (AvgIpc) is 3.14. The van der Waals surface area contributed by atoms with Gasteiger partial charge in [0.15, 0.2) is 5.75 Å². The summed E-state index contributed by atoms with van der Waals surface area (Å²) in [6, 6.07) is 3.72. The Bertz CT molecular complexity index is 439. The van der Waals surface area contributed by atoms with E-state index in [1.165, 1.54) is 0 Å². The van der Waals surface area contributed by atoms with Crippen LogP contribution in [-0.4, -0.2) is 17.1 Å². The Morgan fingerprint density at radius 3 is 2.72 bits per heavy atom. The van der Waals surface area contributed by atoms with Crippen molar-refractivity contribution < 1.29 is 14.3 Å². The van der Waals surface area contributed by atoms with Crippen molar-refractivity contribution in [3.05, 3.63) is 17.8 Å². The van der Waals surface area contributed by atoms with Gasteiger partial charge in [0.05, 0.1) is 12.0 Å². The van der Waals surface area contributed by atoms with Gasteiger partial charge in [-0.05, 0) is 45.2 Å². The van der Waals surface area contributed by atoms with Crippen LogP contribution in [0.3, 0.4) is 0 Å². The highest BCUT2D eigenvalue weighted by atomic mass is 16.6. The molecule has 1 saturated carbocycles. The van der Waals surface area contributed by atoms with Crippen molar-refractivity contribution in [1.82, 2.24) is 4.98 Å². The lowest BCUT2D eigenvalue weighted by Crippen LogP contribution is -2.14. The number of carbonyl (C=O) groups is 1. The number of pyridine rings is 1. The zero-order valence-electron chi connectivity index (χ0n) is 11.1. The summed E-state index contributed by atoms with van der Waals surface area (Å²) < 4.78 is 10.9. The molecule has 0 unspecified atom stereocenters. The number of nitrogens with zero attached hydrogens (tertiary/aromatic N) is 1. The van der Waals surface area contributed by atoms with Gasteiger partial charge in [0.2, 0.25) is 0 Å². The summed E-state index contributed by atoms with van der Waals surface area (Å²) in [5, 5.41) is 0. The molecule has 0 N–H and O–H groups in total. The van der Waals surface area contributed by atoms with E-state index in [-0.39, 0.29) is 18.0 Å². The molecule has 1 aromatic heterocycles. The fourth-order valence-electron chi connectivity index (χ4n) is 1.58. The molecule has 0 saturated heterocycles. The van der Waals surface area contributed by atoms with Crippen LogP contribution < -0.4 is 9.47 Å². The highest BCUT2D eigenvalue weighted by Gasteiger charge is 2.32. The Morgan fingerprint density at radius 2 is 2.17 bits per heavy atom. The summed E-state index contributed by atoms with van der Waals surface area (Å²) in [5.41, 5.74) is 0.893. The summed E-state index contributed by atoms with van der Waals surface area (Å²) in [7, 11) is 0. The van der Waals surface area contributed by atoms with Gasteiger partial charge >= 0.3 is 5.97 Å². The minimum Gasteiger partial charge on any atom is -0.485 e. The van der Waals surface area contributed by atoms with Gasteiger partial charge in [-0.1, -0.05) is 6.92 Å². The van der Waals surface area contributed by atoms with Gasteiger partial charge in [0.25, 0.3) is 5.88 Å². The van der Waals surface area contributed by atoms with Crippen molar-refractivity contribution in [3.8, 4) is 11.6 Å². The van der Waals surface area contributed by atoms with Crippen molar-refractivity contribution >= 4 is 5.97 Å². The largest absolute Gasteiger partial charge is 0.485 e. The molecular formula is C14H19NO3. The Labute approximate surface area is 107 Å². The van der Waals surface area contributed by atoms with Gasteiger partial charge in [-0.15, -0.1) is 0 Å². The van der Waals surface area contributed by atoms with Crippen LogP contribution in [0.4, 0.5) is 0 Å². The number of aromatic nitrogens is 1. The van der Waals surface area contributed by atoms with Crippen molar-refractivity contribution in [3.63, 3.8) is 0 Å². The molecule has 0 aliphatic heterocycles. The Morgan fingerprint density at radius 1 is 1.44 bits per heavy atom. The zero-order valence-corrected chi connectivity index (χ0v) is 11.1. The topological polar surface area (TPSA) is 48.4 Å². The lowest BCUT2D eigenvalue weighted by Gasteiger charge is -2.13. The molecule has 1 heterocycles. The fourth-order valence-corrected chi connectivity index (χ4v) is 1.58. The molecule has 1 aliphatic rings. The van der Waals surface area contributed by atoms with Crippen molar-refractivity contribution in [2.24, 2.45) is 5.92 Å². The third-order valence-electron chi connectivity index (χ3n) is 2.72. The van der Waals surface area contributed by atoms with Crippen LogP contribution in [0, 0.1) is 5.92 Å². The maximum absolute atomic E-state index is 11.7. The predicted molar refractivity (Wildman–Crippen MR) is 67.7 cm³/mol. The van der Waals surface area contributed by atoms with E-state index in [4.69, 9.17) is 9.47 Å². The first-order valence-corrected chi connectivity index (χ1v) is 6.48. The summed E-state index contributed by atoms with van der Waals surface area (Å²) in [4.78, 5) is 16.0. The third kappa shape index (κ3) is 3.22. The molecule has 0 radical (unpaired) electrons. The number of carbonyl (C=O) groups excluding carboxylic acids is 1. The van der Waals surface area contributed by atoms with Crippen LogP contribution in [0.1, 0.15) is 39.3 Å². The standard InChI is InChI=1S/C14H19NO3/c1-4-11-7-8-12(17-9(2)3)13(15-11)18-14(16)10-5-6-10/h7-10H,4-6H2,1-3H3. The van der Waals surface area contributed by atoms with Crippen molar-refractivity contribution in [1.29, 1.82) is 0 Å². The molecule has 1 aliphatic carbocycles. The first kappa shape index (κ1) is 12.9. The summed E-state index contributed by atoms with van der Waals surface area (Å²) in [6.45, 7) is 5.87. The van der Waals surface area contributed by atoms with E-state index in [1.807, 2.05) is 32.9 Å². The van der Waals surface area contributed by atoms with E-state index < -0.39 is 0 Å². The third-order valence-corrected chi connectivity index (χ3v) is 2.72. The predicted octanol–water partition coefficient (Wildman–Crippen LogP) is 2.75. The first-order valence-electron chi connectivity index (χ1n) is 6.48. The monoisotopic (exact) mass is 249 g/mol. The molecule has 0 aromatic carbocycles. The van der Waals surface area contributed by atoms with E-state index in [0.717, 1.165) is 25.0 Å². The van der Waals surface area contributed by atoms with Crippen LogP contribution in [-0.2, 0) is 11.2 Å². The molecule has 18 heavy (non-hydrogen) atoms. The number of hydrogen-bond donors (Lipinski definition) is 0. The van der Waals surface area contributed by atoms with E-state index in [0.29, 0.717) is 11.6 Å². The molecule has 1 aromatic rings. The van der Waals surface area contributed by atoms with Gasteiger partial charge in [-0.25, -0.2) is 4.98 Å². The first-order chi connectivity index (χ1) is 8.60. The number of hydrogen-bond acceptors (Lipinski definition) is 4. The Balaban J connectivity index is 2.19. The smallest absolute Gasteiger partial charge is 0.315 e. The molecular weight excluding hydrogens is 230 g/mol. The molecule has 1 fully saturated rings. The van der Waals surface area contributed by atoms with Crippen LogP contribution in [0.2, 0.25) is 0 Å². The van der Waals surface area contributed by atoms with Crippen LogP contribution in [0.25, 0.3) is 0 Å². The maximum Gasteiger partial charge on any atom is 0.315 e. The van der Waals surface area contributed by atoms with Gasteiger partial charge in [-0.3, -0.25) is 4.79 Å². The normalized spacial score (nSPS) is 14.7. The second kappa shape index (κ2) is 5.38. The molecule has 2 rings (SSSR count). The van der Waals surface area contributed by atoms with Gasteiger partial charge in [-0.2, -0.15) is 0 Å². The highest BCUT2D eigenvalue weighted by molar-refractivity contribution is 5.77. The zero-order chi connectivity index (χ0) is 13.1. The van der Waals surface area contributed by atoms with Crippen LogP contribution in [0.5, 0.6) is 11.6 Å². The lowest BCUT2D eigenvalue weighted by atomic mass is 10.3. The SMILES string of the molecule is CCc1ccc(OC(C)C)c(OC(=O)C2CC2)n1. The number of aryl methyl sites for hydroxylation is 1. The lowest BCUT2D eigenvalue weighted by molar-refractivity contribution is -0.136. The molecule has 0 spiro atoms. The van der Waals surface area contributed by atoms with Crippen LogP contribution in [0.15, 0.2) is 12.1 Å². The van der Waals surface area contributed by atoms with Gasteiger partial charge < -0.3 is 9.47 Å². The van der Waals surface area contributed by atoms with Crippen LogP contribution >= 0.6 is 0 Å². The molecule has 98 valence electrons. The fraction of sp³-hybridized carbons (Fsp3) is 0.571. The quantitative estimate of drug-likeness (QED) is 0.753. The van der Waals surface area contributed by atoms with Crippen molar-refractivity contribution in [2.45, 2.75) is 46.1 Å². The molecule has 4 nitrogen and oxygen atoms in total. The van der Waals surface area contributed by atoms with E-state index >= 15 is 0 Å². The summed E-state index contributed by atoms with van der Waals surface area (Å²) in [5.74, 6) is 0.712. The number of ether oxygens (including phenoxy) is 2. The number of esters is 1. The Hall–Kier alpha value is -1.58. The second-order valence-corrected chi connectivity index (χ2v) is 4.82. The second-order valence-electron chi connectivity index (χ2n) is 4.82. The minimum absolute atomic E-state index is 0.0256. The highest BCUT2D eigenvalue weighted by Crippen LogP contribution is 2.33. The van der Waals surface area contributed by atoms with E-state index in [2.05, 4.69) is 4.98 Å². The minimum atomic E-state index is -0.190. The maximum atomic E-state index is 11.7.